The minimum Gasteiger partial charge on any atom is -0.459 e. The normalized spacial score (nSPS) is 15.1. The summed E-state index contributed by atoms with van der Waals surface area (Å²) in [6.45, 7) is 0. The first-order valence-corrected chi connectivity index (χ1v) is 7.99. The Bertz CT molecular complexity index is 1110. The number of furan rings is 2. The highest BCUT2D eigenvalue weighted by molar-refractivity contribution is 6.33. The molecule has 4 rings (SSSR count). The summed E-state index contributed by atoms with van der Waals surface area (Å²) in [5, 5.41) is 11.0. The molecule has 3 aromatic rings. The first-order valence-electron chi connectivity index (χ1n) is 7.62. The third kappa shape index (κ3) is 3.25. The van der Waals surface area contributed by atoms with Crippen LogP contribution >= 0.6 is 11.6 Å². The van der Waals surface area contributed by atoms with Crippen molar-refractivity contribution in [3.63, 3.8) is 0 Å². The minimum atomic E-state index is -0.632. The van der Waals surface area contributed by atoms with Crippen LogP contribution in [-0.4, -0.2) is 16.8 Å². The second-order valence-electron chi connectivity index (χ2n) is 5.44. The van der Waals surface area contributed by atoms with Gasteiger partial charge < -0.3 is 13.6 Å². The number of ether oxygens (including phenoxy) is 1. The van der Waals surface area contributed by atoms with Gasteiger partial charge in [-0.05, 0) is 30.3 Å². The molecule has 134 valence electrons. The van der Waals surface area contributed by atoms with E-state index in [9.17, 15) is 14.9 Å². The predicted molar refractivity (Wildman–Crippen MR) is 95.1 cm³/mol. The number of halogens is 1. The van der Waals surface area contributed by atoms with E-state index < -0.39 is 10.9 Å². The van der Waals surface area contributed by atoms with E-state index in [4.69, 9.17) is 25.2 Å². The van der Waals surface area contributed by atoms with Crippen molar-refractivity contribution in [3.05, 3.63) is 81.1 Å². The molecule has 27 heavy (non-hydrogen) atoms. The minimum absolute atomic E-state index is 0.0529. The smallest absolute Gasteiger partial charge is 0.364 e. The van der Waals surface area contributed by atoms with Crippen molar-refractivity contribution >= 4 is 35.2 Å². The van der Waals surface area contributed by atoms with E-state index in [0.29, 0.717) is 22.8 Å². The van der Waals surface area contributed by atoms with Crippen molar-refractivity contribution in [2.24, 2.45) is 4.99 Å². The number of carbonyl (C=O) groups excluding carboxylic acids is 1. The Kier molecular flexibility index (Phi) is 4.09. The molecule has 1 aliphatic rings. The van der Waals surface area contributed by atoms with E-state index in [1.54, 1.807) is 24.3 Å². The molecule has 8 nitrogen and oxygen atoms in total. The van der Waals surface area contributed by atoms with E-state index in [-0.39, 0.29) is 22.3 Å². The fraction of sp³-hybridized carbons (Fsp3) is 0. The number of nitro groups is 1. The lowest BCUT2D eigenvalue weighted by Crippen LogP contribution is -2.04. The standard InChI is InChI=1S/C18H9ClN2O6/c19-13-8-10(21(23)24)3-5-12(13)15-6-4-11(26-15)9-14-18(22)27-17(20-14)16-2-1-7-25-16/h1-9H/b14-9-. The second-order valence-corrected chi connectivity index (χ2v) is 5.84. The van der Waals surface area contributed by atoms with Gasteiger partial charge in [-0.2, -0.15) is 0 Å². The molecule has 0 amide bonds. The van der Waals surface area contributed by atoms with Gasteiger partial charge in [0.25, 0.3) is 11.6 Å². The highest BCUT2D eigenvalue weighted by atomic mass is 35.5. The molecule has 0 unspecified atom stereocenters. The van der Waals surface area contributed by atoms with E-state index in [0.717, 1.165) is 0 Å². The molecule has 0 bridgehead atoms. The number of carbonyl (C=O) groups is 1. The summed E-state index contributed by atoms with van der Waals surface area (Å²) in [5.74, 6) is 0.512. The van der Waals surface area contributed by atoms with E-state index in [2.05, 4.69) is 4.99 Å². The van der Waals surface area contributed by atoms with Gasteiger partial charge in [-0.15, -0.1) is 0 Å². The molecule has 9 heteroatoms. The van der Waals surface area contributed by atoms with Crippen molar-refractivity contribution in [1.29, 1.82) is 0 Å². The number of rotatable bonds is 4. The molecule has 0 saturated carbocycles. The lowest BCUT2D eigenvalue weighted by atomic mass is 10.1. The van der Waals surface area contributed by atoms with Crippen molar-refractivity contribution in [1.82, 2.24) is 0 Å². The molecule has 0 spiro atoms. The van der Waals surface area contributed by atoms with Gasteiger partial charge in [0.15, 0.2) is 11.5 Å². The lowest BCUT2D eigenvalue weighted by molar-refractivity contribution is -0.384. The van der Waals surface area contributed by atoms with Crippen LogP contribution in [0.3, 0.4) is 0 Å². The number of hydrogen-bond donors (Lipinski definition) is 0. The Morgan fingerprint density at radius 2 is 2.00 bits per heavy atom. The second kappa shape index (κ2) is 6.58. The zero-order valence-electron chi connectivity index (χ0n) is 13.4. The average Bonchev–Trinajstić information content (AvgIpc) is 3.37. The molecule has 2 aromatic heterocycles. The quantitative estimate of drug-likeness (QED) is 0.284. The number of non-ortho nitro benzene ring substituents is 1. The first kappa shape index (κ1) is 16.8. The van der Waals surface area contributed by atoms with E-state index in [1.165, 1.54) is 30.5 Å². The number of esters is 1. The number of nitrogens with zero attached hydrogens (tertiary/aromatic N) is 2. The molecular formula is C18H9ClN2O6. The SMILES string of the molecule is O=C1OC(c2ccco2)=N/C1=C\c1ccc(-c2ccc([N+](=O)[O-])cc2Cl)o1. The molecule has 1 aliphatic heterocycles. The van der Waals surface area contributed by atoms with Crippen molar-refractivity contribution in [2.45, 2.75) is 0 Å². The maximum absolute atomic E-state index is 11.9. The number of aliphatic imine (C=N–C) groups is 1. The number of hydrogen-bond acceptors (Lipinski definition) is 7. The van der Waals surface area contributed by atoms with Crippen molar-refractivity contribution in [3.8, 4) is 11.3 Å². The van der Waals surface area contributed by atoms with Gasteiger partial charge in [-0.25, -0.2) is 9.79 Å². The summed E-state index contributed by atoms with van der Waals surface area (Å²) in [5.41, 5.74) is 0.420. The molecular weight excluding hydrogens is 376 g/mol. The predicted octanol–water partition coefficient (Wildman–Crippen LogP) is 4.45. The molecule has 0 fully saturated rings. The van der Waals surface area contributed by atoms with Crippen LogP contribution in [0.1, 0.15) is 11.5 Å². The Morgan fingerprint density at radius 1 is 1.15 bits per heavy atom. The fourth-order valence-corrected chi connectivity index (χ4v) is 2.71. The molecule has 0 aliphatic carbocycles. The zero-order chi connectivity index (χ0) is 19.0. The van der Waals surface area contributed by atoms with Crippen LogP contribution in [0, 0.1) is 10.1 Å². The first-order chi connectivity index (χ1) is 13.0. The number of cyclic esters (lactones) is 1. The third-order valence-corrected chi connectivity index (χ3v) is 4.00. The van der Waals surface area contributed by atoms with Gasteiger partial charge in [-0.1, -0.05) is 11.6 Å². The van der Waals surface area contributed by atoms with Crippen LogP contribution in [0.15, 0.2) is 68.3 Å². The van der Waals surface area contributed by atoms with Crippen LogP contribution < -0.4 is 0 Å². The van der Waals surface area contributed by atoms with Gasteiger partial charge in [0.1, 0.15) is 11.5 Å². The van der Waals surface area contributed by atoms with E-state index >= 15 is 0 Å². The summed E-state index contributed by atoms with van der Waals surface area (Å²) in [4.78, 5) is 26.3. The summed E-state index contributed by atoms with van der Waals surface area (Å²) < 4.78 is 15.9. The zero-order valence-corrected chi connectivity index (χ0v) is 14.2. The summed E-state index contributed by atoms with van der Waals surface area (Å²) in [6, 6.07) is 10.6. The Balaban J connectivity index is 1.63. The van der Waals surface area contributed by atoms with Gasteiger partial charge in [0, 0.05) is 23.8 Å². The molecule has 3 heterocycles. The largest absolute Gasteiger partial charge is 0.459 e. The maximum atomic E-state index is 11.9. The molecule has 1 aromatic carbocycles. The van der Waals surface area contributed by atoms with Gasteiger partial charge in [0.05, 0.1) is 16.2 Å². The maximum Gasteiger partial charge on any atom is 0.364 e. The average molecular weight is 385 g/mol. The Labute approximate surface area is 156 Å². The van der Waals surface area contributed by atoms with E-state index in [1.807, 2.05) is 0 Å². The topological polar surface area (TPSA) is 108 Å². The molecule has 0 saturated heterocycles. The molecule has 0 atom stereocenters. The van der Waals surface area contributed by atoms with Crippen LogP contribution in [0.2, 0.25) is 5.02 Å². The van der Waals surface area contributed by atoms with Gasteiger partial charge in [0.2, 0.25) is 0 Å². The monoisotopic (exact) mass is 384 g/mol. The van der Waals surface area contributed by atoms with Crippen molar-refractivity contribution in [2.75, 3.05) is 0 Å². The third-order valence-electron chi connectivity index (χ3n) is 3.69. The number of nitro benzene ring substituents is 1. The van der Waals surface area contributed by atoms with Gasteiger partial charge in [-0.3, -0.25) is 10.1 Å². The Hall–Kier alpha value is -3.65. The van der Waals surface area contributed by atoms with Crippen molar-refractivity contribution < 1.29 is 23.3 Å². The summed E-state index contributed by atoms with van der Waals surface area (Å²) in [6.07, 6.45) is 2.86. The fourth-order valence-electron chi connectivity index (χ4n) is 2.44. The number of benzene rings is 1. The van der Waals surface area contributed by atoms with Crippen LogP contribution in [-0.2, 0) is 9.53 Å². The molecule has 0 radical (unpaired) electrons. The Morgan fingerprint density at radius 3 is 2.70 bits per heavy atom. The highest BCUT2D eigenvalue weighted by Crippen LogP contribution is 2.33. The van der Waals surface area contributed by atoms with Crippen LogP contribution in [0.5, 0.6) is 0 Å². The summed E-state index contributed by atoms with van der Waals surface area (Å²) >= 11 is 6.10. The molecule has 0 N–H and O–H groups in total. The van der Waals surface area contributed by atoms with Gasteiger partial charge >= 0.3 is 5.97 Å². The highest BCUT2D eigenvalue weighted by Gasteiger charge is 2.26. The van der Waals surface area contributed by atoms with Crippen LogP contribution in [0.25, 0.3) is 17.4 Å². The summed E-state index contributed by atoms with van der Waals surface area (Å²) in [7, 11) is 0. The lowest BCUT2D eigenvalue weighted by Gasteiger charge is -2.00. The van der Waals surface area contributed by atoms with Crippen LogP contribution in [0.4, 0.5) is 5.69 Å².